The highest BCUT2D eigenvalue weighted by atomic mass is 32.1. The van der Waals surface area contributed by atoms with Crippen molar-refractivity contribution in [1.82, 2.24) is 5.43 Å². The van der Waals surface area contributed by atoms with Crippen LogP contribution in [-0.2, 0) is 0 Å². The summed E-state index contributed by atoms with van der Waals surface area (Å²) >= 11 is 4.52. The van der Waals surface area contributed by atoms with Gasteiger partial charge in [-0.3, -0.25) is 5.43 Å². The molecule has 0 amide bonds. The van der Waals surface area contributed by atoms with Gasteiger partial charge in [0.2, 0.25) is 0 Å². The second-order valence-electron chi connectivity index (χ2n) is 2.58. The first-order chi connectivity index (χ1) is 7.15. The summed E-state index contributed by atoms with van der Waals surface area (Å²) < 4.78 is 13.3. The first-order valence-electron chi connectivity index (χ1n) is 3.98. The molecule has 15 heavy (non-hydrogen) atoms. The minimum atomic E-state index is -0.445. The Hall–Kier alpha value is -1.93. The van der Waals surface area contributed by atoms with Gasteiger partial charge in [0.15, 0.2) is 5.11 Å². The fourth-order valence-corrected chi connectivity index (χ4v) is 1.01. The monoisotopic (exact) mass is 221 g/mol. The van der Waals surface area contributed by atoms with E-state index in [-0.39, 0.29) is 10.7 Å². The largest absolute Gasteiger partial charge is 0.375 e. The van der Waals surface area contributed by atoms with Crippen LogP contribution in [0.2, 0.25) is 0 Å². The van der Waals surface area contributed by atoms with Crippen LogP contribution in [0.1, 0.15) is 11.1 Å². The molecule has 0 unspecified atom stereocenters. The predicted octanol–water partition coefficient (Wildman–Crippen LogP) is 0.974. The first-order valence-corrected chi connectivity index (χ1v) is 4.39. The highest BCUT2D eigenvalue weighted by molar-refractivity contribution is 7.80. The zero-order valence-corrected chi connectivity index (χ0v) is 8.51. The minimum absolute atomic E-state index is 0.00449. The molecule has 0 atom stereocenters. The highest BCUT2D eigenvalue weighted by Gasteiger charge is 2.03. The van der Waals surface area contributed by atoms with Gasteiger partial charge in [-0.15, -0.1) is 6.42 Å². The topological polar surface area (TPSA) is 50.4 Å². The van der Waals surface area contributed by atoms with E-state index >= 15 is 0 Å². The van der Waals surface area contributed by atoms with Crippen molar-refractivity contribution in [3.8, 4) is 12.3 Å². The van der Waals surface area contributed by atoms with Gasteiger partial charge in [-0.2, -0.15) is 5.10 Å². The van der Waals surface area contributed by atoms with Gasteiger partial charge in [0.25, 0.3) is 0 Å². The number of hydrogen-bond donors (Lipinski definition) is 2. The Morgan fingerprint density at radius 3 is 3.00 bits per heavy atom. The molecule has 0 heterocycles. The molecular weight excluding hydrogens is 213 g/mol. The summed E-state index contributed by atoms with van der Waals surface area (Å²) in [7, 11) is 0. The number of rotatable bonds is 2. The second kappa shape index (κ2) is 5.08. The van der Waals surface area contributed by atoms with Gasteiger partial charge in [-0.1, -0.05) is 12.0 Å². The Morgan fingerprint density at radius 2 is 2.40 bits per heavy atom. The molecule has 0 aliphatic carbocycles. The van der Waals surface area contributed by atoms with Crippen LogP contribution in [-0.4, -0.2) is 11.3 Å². The lowest BCUT2D eigenvalue weighted by atomic mass is 10.1. The van der Waals surface area contributed by atoms with E-state index in [1.165, 1.54) is 18.3 Å². The van der Waals surface area contributed by atoms with Gasteiger partial charge in [0.1, 0.15) is 5.82 Å². The Bertz CT molecular complexity index is 448. The maximum atomic E-state index is 13.3. The lowest BCUT2D eigenvalue weighted by molar-refractivity contribution is 0.625. The van der Waals surface area contributed by atoms with Crippen LogP contribution >= 0.6 is 12.2 Å². The van der Waals surface area contributed by atoms with Crippen molar-refractivity contribution in [3.05, 3.63) is 35.1 Å². The summed E-state index contributed by atoms with van der Waals surface area (Å²) in [6.07, 6.45) is 6.44. The van der Waals surface area contributed by atoms with Crippen molar-refractivity contribution in [2.75, 3.05) is 0 Å². The van der Waals surface area contributed by atoms with Crippen molar-refractivity contribution >= 4 is 23.5 Å². The fraction of sp³-hybridized carbons (Fsp3) is 0. The number of nitrogens with two attached hydrogens (primary N) is 1. The zero-order chi connectivity index (χ0) is 11.3. The average molecular weight is 221 g/mol. The summed E-state index contributed by atoms with van der Waals surface area (Å²) in [6, 6.07) is 4.44. The third-order valence-electron chi connectivity index (χ3n) is 1.58. The summed E-state index contributed by atoms with van der Waals surface area (Å²) in [5.74, 6) is 1.91. The molecule has 1 aromatic rings. The van der Waals surface area contributed by atoms with Gasteiger partial charge in [0.05, 0.1) is 6.21 Å². The smallest absolute Gasteiger partial charge is 0.184 e. The normalized spacial score (nSPS) is 9.87. The molecule has 0 radical (unpaired) electrons. The number of hydrogen-bond acceptors (Lipinski definition) is 2. The molecule has 5 heteroatoms. The molecule has 3 N–H and O–H groups in total. The summed E-state index contributed by atoms with van der Waals surface area (Å²) in [4.78, 5) is 0. The van der Waals surface area contributed by atoms with E-state index in [0.29, 0.717) is 5.56 Å². The fourth-order valence-electron chi connectivity index (χ4n) is 0.955. The van der Waals surface area contributed by atoms with Crippen molar-refractivity contribution < 1.29 is 4.39 Å². The number of terminal acetylenes is 1. The van der Waals surface area contributed by atoms with Crippen molar-refractivity contribution in [1.29, 1.82) is 0 Å². The van der Waals surface area contributed by atoms with Crippen LogP contribution in [0.3, 0.4) is 0 Å². The van der Waals surface area contributed by atoms with Crippen LogP contribution in [0.15, 0.2) is 23.3 Å². The number of nitrogens with one attached hydrogen (secondary N) is 1. The van der Waals surface area contributed by atoms with Crippen LogP contribution in [0, 0.1) is 18.2 Å². The summed E-state index contributed by atoms with van der Waals surface area (Å²) in [6.45, 7) is 0. The number of benzene rings is 1. The summed E-state index contributed by atoms with van der Waals surface area (Å²) in [5.41, 5.74) is 8.10. The van der Waals surface area contributed by atoms with E-state index in [9.17, 15) is 4.39 Å². The number of halogens is 1. The maximum absolute atomic E-state index is 13.3. The molecule has 1 aromatic carbocycles. The van der Waals surface area contributed by atoms with Gasteiger partial charge >= 0.3 is 0 Å². The Labute approximate surface area is 92.2 Å². The van der Waals surface area contributed by atoms with Crippen molar-refractivity contribution in [3.63, 3.8) is 0 Å². The molecule has 76 valence electrons. The molecule has 0 aromatic heterocycles. The SMILES string of the molecule is C#Cc1cccc(F)c1C=NNC(N)=S. The van der Waals surface area contributed by atoms with E-state index in [1.54, 1.807) is 6.07 Å². The number of hydrazone groups is 1. The van der Waals surface area contributed by atoms with Crippen molar-refractivity contribution in [2.24, 2.45) is 10.8 Å². The van der Waals surface area contributed by atoms with E-state index in [2.05, 4.69) is 28.7 Å². The van der Waals surface area contributed by atoms with Crippen LogP contribution < -0.4 is 11.2 Å². The third-order valence-corrected chi connectivity index (χ3v) is 1.67. The highest BCUT2D eigenvalue weighted by Crippen LogP contribution is 2.09. The molecule has 0 fully saturated rings. The van der Waals surface area contributed by atoms with Crippen LogP contribution in [0.4, 0.5) is 4.39 Å². The van der Waals surface area contributed by atoms with E-state index < -0.39 is 5.82 Å². The molecule has 0 saturated carbocycles. The standard InChI is InChI=1S/C10H8FN3S/c1-2-7-4-3-5-9(11)8(7)6-13-14-10(12)15/h1,3-6H,(H3,12,14,15). The first kappa shape index (κ1) is 11.1. The molecule has 0 spiro atoms. The Balaban J connectivity index is 2.98. The van der Waals surface area contributed by atoms with Gasteiger partial charge in [-0.25, -0.2) is 4.39 Å². The third kappa shape index (κ3) is 3.04. The summed E-state index contributed by atoms with van der Waals surface area (Å²) in [5, 5.41) is 3.64. The molecule has 0 bridgehead atoms. The molecular formula is C10H8FN3S. The Kier molecular flexibility index (Phi) is 3.77. The molecule has 3 nitrogen and oxygen atoms in total. The van der Waals surface area contributed by atoms with E-state index in [0.717, 1.165) is 0 Å². The molecule has 0 aliphatic heterocycles. The lowest BCUT2D eigenvalue weighted by Crippen LogP contribution is -2.24. The van der Waals surface area contributed by atoms with Gasteiger partial charge in [0, 0.05) is 11.1 Å². The molecule has 0 saturated heterocycles. The Morgan fingerprint density at radius 1 is 1.67 bits per heavy atom. The maximum Gasteiger partial charge on any atom is 0.184 e. The van der Waals surface area contributed by atoms with Gasteiger partial charge in [-0.05, 0) is 24.4 Å². The average Bonchev–Trinajstić information content (AvgIpc) is 2.20. The van der Waals surface area contributed by atoms with Crippen LogP contribution in [0.25, 0.3) is 0 Å². The molecule has 1 rings (SSSR count). The predicted molar refractivity (Wildman–Crippen MR) is 61.9 cm³/mol. The molecule has 0 aliphatic rings. The second-order valence-corrected chi connectivity index (χ2v) is 3.02. The quantitative estimate of drug-likeness (QED) is 0.339. The van der Waals surface area contributed by atoms with Crippen molar-refractivity contribution in [2.45, 2.75) is 0 Å². The minimum Gasteiger partial charge on any atom is -0.375 e. The van der Waals surface area contributed by atoms with Gasteiger partial charge < -0.3 is 5.73 Å². The van der Waals surface area contributed by atoms with Crippen LogP contribution in [0.5, 0.6) is 0 Å². The van der Waals surface area contributed by atoms with E-state index in [4.69, 9.17) is 12.2 Å². The van der Waals surface area contributed by atoms with E-state index in [1.807, 2.05) is 0 Å². The number of nitrogens with zero attached hydrogens (tertiary/aromatic N) is 1. The lowest BCUT2D eigenvalue weighted by Gasteiger charge is -2.00. The zero-order valence-electron chi connectivity index (χ0n) is 7.70. The number of thiocarbonyl (C=S) groups is 1.